The van der Waals surface area contributed by atoms with Gasteiger partial charge in [0.1, 0.15) is 0 Å². The number of fused-ring (bicyclic) bond motifs is 2. The summed E-state index contributed by atoms with van der Waals surface area (Å²) in [7, 11) is 2.22. The van der Waals surface area contributed by atoms with Crippen LogP contribution in [0.3, 0.4) is 0 Å². The molecular weight excluding hydrogens is 288 g/mol. The van der Waals surface area contributed by atoms with Crippen LogP contribution in [0.25, 0.3) is 0 Å². The van der Waals surface area contributed by atoms with Crippen molar-refractivity contribution in [3.63, 3.8) is 0 Å². The highest BCUT2D eigenvalue weighted by Crippen LogP contribution is 2.40. The molecule has 0 amide bonds. The highest BCUT2D eigenvalue weighted by molar-refractivity contribution is 7.99. The third-order valence-corrected chi connectivity index (χ3v) is 6.01. The van der Waals surface area contributed by atoms with Crippen LogP contribution in [0.1, 0.15) is 11.1 Å². The van der Waals surface area contributed by atoms with Crippen LogP contribution >= 0.6 is 11.8 Å². The molecule has 0 N–H and O–H groups in total. The maximum atomic E-state index is 2.58. The van der Waals surface area contributed by atoms with Crippen molar-refractivity contribution >= 4 is 17.4 Å². The lowest BCUT2D eigenvalue weighted by Crippen LogP contribution is -2.44. The third-order valence-electron chi connectivity index (χ3n) is 4.79. The van der Waals surface area contributed by atoms with Gasteiger partial charge in [-0.25, -0.2) is 0 Å². The molecule has 0 aromatic heterocycles. The van der Waals surface area contributed by atoms with Crippen molar-refractivity contribution in [1.29, 1.82) is 0 Å². The van der Waals surface area contributed by atoms with E-state index in [2.05, 4.69) is 59.3 Å². The first-order valence-corrected chi connectivity index (χ1v) is 8.94. The molecular formula is C19H22N2S. The van der Waals surface area contributed by atoms with Crippen LogP contribution in [0.5, 0.6) is 0 Å². The van der Waals surface area contributed by atoms with E-state index in [9.17, 15) is 0 Å². The van der Waals surface area contributed by atoms with Gasteiger partial charge in [0.25, 0.3) is 0 Å². The normalized spacial score (nSPS) is 18.5. The number of piperazine rings is 1. The van der Waals surface area contributed by atoms with Crippen LogP contribution in [-0.4, -0.2) is 38.1 Å². The van der Waals surface area contributed by atoms with Crippen molar-refractivity contribution in [2.24, 2.45) is 0 Å². The molecule has 0 aliphatic carbocycles. The van der Waals surface area contributed by atoms with Gasteiger partial charge >= 0.3 is 0 Å². The van der Waals surface area contributed by atoms with E-state index < -0.39 is 0 Å². The molecule has 3 heteroatoms. The average Bonchev–Trinajstić information content (AvgIpc) is 2.74. The van der Waals surface area contributed by atoms with Crippen molar-refractivity contribution in [2.45, 2.75) is 22.6 Å². The lowest BCUT2D eigenvalue weighted by Gasteiger charge is -2.35. The molecule has 0 unspecified atom stereocenters. The van der Waals surface area contributed by atoms with E-state index in [0.717, 1.165) is 39.0 Å². The Balaban J connectivity index is 1.68. The predicted octanol–water partition coefficient (Wildman–Crippen LogP) is 3.69. The van der Waals surface area contributed by atoms with Crippen LogP contribution in [0.4, 0.5) is 5.69 Å². The summed E-state index contributed by atoms with van der Waals surface area (Å²) in [6.07, 6.45) is 2.31. The molecule has 0 atom stereocenters. The molecule has 2 aromatic rings. The second-order valence-electron chi connectivity index (χ2n) is 6.25. The minimum absolute atomic E-state index is 1.14. The van der Waals surface area contributed by atoms with Crippen LogP contribution < -0.4 is 4.90 Å². The first-order valence-electron chi connectivity index (χ1n) is 8.12. The highest BCUT2D eigenvalue weighted by Gasteiger charge is 2.21. The lowest BCUT2D eigenvalue weighted by atomic mass is 10.0. The fraction of sp³-hybridized carbons (Fsp3) is 0.368. The molecule has 2 aromatic carbocycles. The number of nitrogens with zero attached hydrogens (tertiary/aromatic N) is 2. The van der Waals surface area contributed by atoms with Crippen LogP contribution in [0.15, 0.2) is 52.3 Å². The lowest BCUT2D eigenvalue weighted by molar-refractivity contribution is 0.312. The van der Waals surface area contributed by atoms with Gasteiger partial charge in [-0.05, 0) is 49.2 Å². The van der Waals surface area contributed by atoms with E-state index >= 15 is 0 Å². The molecule has 2 nitrogen and oxygen atoms in total. The first-order chi connectivity index (χ1) is 10.8. The van der Waals surface area contributed by atoms with Gasteiger partial charge in [-0.1, -0.05) is 36.0 Å². The van der Waals surface area contributed by atoms with Gasteiger partial charge in [-0.15, -0.1) is 0 Å². The molecule has 4 rings (SSSR count). The van der Waals surface area contributed by atoms with E-state index in [1.807, 2.05) is 11.8 Å². The predicted molar refractivity (Wildman–Crippen MR) is 94.1 cm³/mol. The smallest absolute Gasteiger partial charge is 0.0411 e. The van der Waals surface area contributed by atoms with E-state index in [1.165, 1.54) is 21.0 Å². The monoisotopic (exact) mass is 310 g/mol. The molecule has 22 heavy (non-hydrogen) atoms. The van der Waals surface area contributed by atoms with Gasteiger partial charge in [-0.3, -0.25) is 0 Å². The maximum absolute atomic E-state index is 2.58. The molecule has 1 fully saturated rings. The summed E-state index contributed by atoms with van der Waals surface area (Å²) in [5.41, 5.74) is 4.51. The molecule has 114 valence electrons. The Kier molecular flexibility index (Phi) is 3.85. The number of hydrogen-bond acceptors (Lipinski definition) is 3. The summed E-state index contributed by atoms with van der Waals surface area (Å²) >= 11 is 1.94. The van der Waals surface area contributed by atoms with Gasteiger partial charge in [-0.2, -0.15) is 0 Å². The van der Waals surface area contributed by atoms with Crippen molar-refractivity contribution in [3.8, 4) is 0 Å². The first kappa shape index (κ1) is 14.2. The summed E-state index contributed by atoms with van der Waals surface area (Å²) in [6.45, 7) is 4.61. The summed E-state index contributed by atoms with van der Waals surface area (Å²) < 4.78 is 0. The highest BCUT2D eigenvalue weighted by atomic mass is 32.2. The molecule has 0 saturated carbocycles. The molecule has 2 aliphatic heterocycles. The second-order valence-corrected chi connectivity index (χ2v) is 7.34. The summed E-state index contributed by atoms with van der Waals surface area (Å²) in [6, 6.07) is 15.7. The largest absolute Gasteiger partial charge is 0.369 e. The number of aryl methyl sites for hydroxylation is 1. The number of anilines is 1. The summed E-state index contributed by atoms with van der Waals surface area (Å²) in [5, 5.41) is 0. The Morgan fingerprint density at radius 2 is 1.59 bits per heavy atom. The van der Waals surface area contributed by atoms with Gasteiger partial charge in [0.05, 0.1) is 0 Å². The van der Waals surface area contributed by atoms with E-state index in [4.69, 9.17) is 0 Å². The molecule has 0 spiro atoms. The quantitative estimate of drug-likeness (QED) is 0.793. The zero-order valence-electron chi connectivity index (χ0n) is 13.1. The Bertz CT molecular complexity index is 675. The number of benzene rings is 2. The summed E-state index contributed by atoms with van der Waals surface area (Å²) in [4.78, 5) is 7.87. The Hall–Kier alpha value is -1.45. The van der Waals surface area contributed by atoms with Crippen LogP contribution in [0.2, 0.25) is 0 Å². The van der Waals surface area contributed by atoms with Gasteiger partial charge in [0.15, 0.2) is 0 Å². The van der Waals surface area contributed by atoms with E-state index in [0.29, 0.717) is 0 Å². The molecule has 0 radical (unpaired) electrons. The van der Waals surface area contributed by atoms with Crippen LogP contribution in [0, 0.1) is 0 Å². The number of likely N-dealkylation sites (N-methyl/N-ethyl adjacent to an activating group) is 1. The zero-order valence-corrected chi connectivity index (χ0v) is 13.9. The number of rotatable bonds is 1. The van der Waals surface area contributed by atoms with Crippen molar-refractivity contribution in [3.05, 3.63) is 53.6 Å². The standard InChI is InChI=1S/C19H22N2S/c1-20-11-13-21(14-12-20)17-6-4-8-19-16(17)10-9-15-5-2-3-7-18(15)22-19/h2-8H,9-14H2,1H3. The van der Waals surface area contributed by atoms with Crippen molar-refractivity contribution in [2.75, 3.05) is 38.1 Å². The number of hydrogen-bond donors (Lipinski definition) is 0. The Morgan fingerprint density at radius 3 is 2.45 bits per heavy atom. The Morgan fingerprint density at radius 1 is 0.818 bits per heavy atom. The van der Waals surface area contributed by atoms with Gasteiger partial charge < -0.3 is 9.80 Å². The Labute approximate surface area is 137 Å². The molecule has 2 heterocycles. The van der Waals surface area contributed by atoms with Crippen molar-refractivity contribution < 1.29 is 0 Å². The molecule has 1 saturated heterocycles. The molecule has 2 aliphatic rings. The SMILES string of the molecule is CN1CCN(c2cccc3c2CCc2ccccc2S3)CC1. The minimum atomic E-state index is 1.14. The maximum Gasteiger partial charge on any atom is 0.0411 e. The third kappa shape index (κ3) is 2.64. The molecule has 0 bridgehead atoms. The van der Waals surface area contributed by atoms with Crippen LogP contribution in [-0.2, 0) is 12.8 Å². The van der Waals surface area contributed by atoms with E-state index in [-0.39, 0.29) is 0 Å². The minimum Gasteiger partial charge on any atom is -0.369 e. The summed E-state index contributed by atoms with van der Waals surface area (Å²) in [5.74, 6) is 0. The van der Waals surface area contributed by atoms with Gasteiger partial charge in [0, 0.05) is 41.7 Å². The van der Waals surface area contributed by atoms with Gasteiger partial charge in [0.2, 0.25) is 0 Å². The van der Waals surface area contributed by atoms with E-state index in [1.54, 1.807) is 5.56 Å². The topological polar surface area (TPSA) is 6.48 Å². The zero-order chi connectivity index (χ0) is 14.9. The fourth-order valence-corrected chi connectivity index (χ4v) is 4.59. The van der Waals surface area contributed by atoms with Crippen molar-refractivity contribution in [1.82, 2.24) is 4.90 Å². The fourth-order valence-electron chi connectivity index (χ4n) is 3.43. The average molecular weight is 310 g/mol. The second kappa shape index (κ2) is 5.98.